The van der Waals surface area contributed by atoms with E-state index >= 15 is 0 Å². The number of hydrogen-bond donors (Lipinski definition) is 2. The zero-order valence-electron chi connectivity index (χ0n) is 10.2. The third kappa shape index (κ3) is 3.10. The lowest BCUT2D eigenvalue weighted by atomic mass is 10.00. The van der Waals surface area contributed by atoms with Crippen LogP contribution < -0.4 is 5.32 Å². The van der Waals surface area contributed by atoms with Crippen LogP contribution in [-0.4, -0.2) is 12.2 Å². The van der Waals surface area contributed by atoms with Crippen LogP contribution in [0.2, 0.25) is 5.02 Å². The number of nitrogens with one attached hydrogen (secondary N) is 1. The van der Waals surface area contributed by atoms with Crippen LogP contribution in [0.4, 0.5) is 0 Å². The standard InChI is InChI=1S/C15H16ClNO/c1-17-10-11-3-2-4-13(9-11)15(18)12-5-7-14(16)8-6-12/h2-9,15,17-18H,10H2,1H3. The number of hydrogen-bond acceptors (Lipinski definition) is 2. The molecule has 0 spiro atoms. The maximum Gasteiger partial charge on any atom is 0.104 e. The summed E-state index contributed by atoms with van der Waals surface area (Å²) in [5.74, 6) is 0. The van der Waals surface area contributed by atoms with E-state index in [1.165, 1.54) is 0 Å². The molecule has 0 saturated carbocycles. The summed E-state index contributed by atoms with van der Waals surface area (Å²) in [7, 11) is 1.91. The molecule has 0 heterocycles. The Morgan fingerprint density at radius 2 is 1.83 bits per heavy atom. The van der Waals surface area contributed by atoms with Crippen LogP contribution in [-0.2, 0) is 6.54 Å². The van der Waals surface area contributed by atoms with Crippen LogP contribution in [0.5, 0.6) is 0 Å². The first-order chi connectivity index (χ1) is 8.70. The van der Waals surface area contributed by atoms with Gasteiger partial charge in [-0.2, -0.15) is 0 Å². The Kier molecular flexibility index (Phi) is 4.37. The van der Waals surface area contributed by atoms with Gasteiger partial charge in [0.2, 0.25) is 0 Å². The quantitative estimate of drug-likeness (QED) is 0.886. The normalized spacial score (nSPS) is 12.4. The minimum absolute atomic E-state index is 0.612. The summed E-state index contributed by atoms with van der Waals surface area (Å²) in [5, 5.41) is 14.1. The van der Waals surface area contributed by atoms with Crippen LogP contribution in [0, 0.1) is 0 Å². The minimum atomic E-state index is -0.612. The van der Waals surface area contributed by atoms with Crippen molar-refractivity contribution < 1.29 is 5.11 Å². The van der Waals surface area contributed by atoms with E-state index in [0.717, 1.165) is 23.2 Å². The SMILES string of the molecule is CNCc1cccc(C(O)c2ccc(Cl)cc2)c1. The number of halogens is 1. The Hall–Kier alpha value is -1.35. The Bertz CT molecular complexity index is 510. The molecule has 0 fully saturated rings. The van der Waals surface area contributed by atoms with Gasteiger partial charge in [0, 0.05) is 11.6 Å². The van der Waals surface area contributed by atoms with Crippen molar-refractivity contribution in [2.75, 3.05) is 7.05 Å². The molecule has 0 aliphatic carbocycles. The molecule has 0 aromatic heterocycles. The molecule has 2 aromatic carbocycles. The lowest BCUT2D eigenvalue weighted by molar-refractivity contribution is 0.220. The molecule has 94 valence electrons. The second kappa shape index (κ2) is 6.01. The van der Waals surface area contributed by atoms with Crippen LogP contribution in [0.25, 0.3) is 0 Å². The highest BCUT2D eigenvalue weighted by molar-refractivity contribution is 6.30. The smallest absolute Gasteiger partial charge is 0.104 e. The summed E-state index contributed by atoms with van der Waals surface area (Å²) in [6, 6.07) is 15.2. The maximum atomic E-state index is 10.3. The predicted octanol–water partition coefficient (Wildman–Crippen LogP) is 3.14. The van der Waals surface area contributed by atoms with Crippen LogP contribution in [0.1, 0.15) is 22.8 Å². The van der Waals surface area contributed by atoms with Gasteiger partial charge in [0.15, 0.2) is 0 Å². The molecule has 3 heteroatoms. The topological polar surface area (TPSA) is 32.3 Å². The molecule has 0 amide bonds. The van der Waals surface area contributed by atoms with Gasteiger partial charge >= 0.3 is 0 Å². The van der Waals surface area contributed by atoms with E-state index in [1.807, 2.05) is 43.4 Å². The first-order valence-electron chi connectivity index (χ1n) is 5.87. The van der Waals surface area contributed by atoms with Gasteiger partial charge in [-0.25, -0.2) is 0 Å². The first kappa shape index (κ1) is 13.1. The zero-order valence-corrected chi connectivity index (χ0v) is 11.0. The van der Waals surface area contributed by atoms with Crippen molar-refractivity contribution >= 4 is 11.6 Å². The van der Waals surface area contributed by atoms with E-state index in [4.69, 9.17) is 11.6 Å². The number of benzene rings is 2. The van der Waals surface area contributed by atoms with E-state index < -0.39 is 6.10 Å². The van der Waals surface area contributed by atoms with Gasteiger partial charge < -0.3 is 10.4 Å². The Morgan fingerprint density at radius 1 is 1.11 bits per heavy atom. The molecule has 0 aliphatic rings. The summed E-state index contributed by atoms with van der Waals surface area (Å²) in [4.78, 5) is 0. The van der Waals surface area contributed by atoms with Crippen LogP contribution in [0.15, 0.2) is 48.5 Å². The monoisotopic (exact) mass is 261 g/mol. The minimum Gasteiger partial charge on any atom is -0.384 e. The van der Waals surface area contributed by atoms with E-state index in [0.29, 0.717) is 5.02 Å². The van der Waals surface area contributed by atoms with Crippen molar-refractivity contribution in [1.29, 1.82) is 0 Å². The van der Waals surface area contributed by atoms with Gasteiger partial charge in [0.05, 0.1) is 0 Å². The molecule has 1 unspecified atom stereocenters. The molecule has 18 heavy (non-hydrogen) atoms. The van der Waals surface area contributed by atoms with Crippen molar-refractivity contribution in [3.63, 3.8) is 0 Å². The molecular formula is C15H16ClNO. The van der Waals surface area contributed by atoms with Gasteiger partial charge in [-0.3, -0.25) is 0 Å². The molecule has 0 aliphatic heterocycles. The zero-order chi connectivity index (χ0) is 13.0. The molecule has 0 saturated heterocycles. The average molecular weight is 262 g/mol. The Morgan fingerprint density at radius 3 is 2.50 bits per heavy atom. The van der Waals surface area contributed by atoms with E-state index in [1.54, 1.807) is 12.1 Å². The highest BCUT2D eigenvalue weighted by Gasteiger charge is 2.10. The molecule has 0 radical (unpaired) electrons. The van der Waals surface area contributed by atoms with Gasteiger partial charge in [-0.15, -0.1) is 0 Å². The lowest BCUT2D eigenvalue weighted by Crippen LogP contribution is -2.06. The Labute approximate surface area is 112 Å². The number of rotatable bonds is 4. The van der Waals surface area contributed by atoms with Crippen molar-refractivity contribution in [2.24, 2.45) is 0 Å². The second-order valence-electron chi connectivity index (χ2n) is 4.23. The highest BCUT2D eigenvalue weighted by atomic mass is 35.5. The third-order valence-electron chi connectivity index (χ3n) is 2.83. The maximum absolute atomic E-state index is 10.3. The Balaban J connectivity index is 2.24. The predicted molar refractivity (Wildman–Crippen MR) is 74.7 cm³/mol. The van der Waals surface area contributed by atoms with Crippen LogP contribution in [0.3, 0.4) is 0 Å². The van der Waals surface area contributed by atoms with Crippen LogP contribution >= 0.6 is 11.6 Å². The van der Waals surface area contributed by atoms with Gasteiger partial charge in [0.25, 0.3) is 0 Å². The fraction of sp³-hybridized carbons (Fsp3) is 0.200. The van der Waals surface area contributed by atoms with Crippen molar-refractivity contribution in [2.45, 2.75) is 12.6 Å². The molecule has 2 rings (SSSR count). The summed E-state index contributed by atoms with van der Waals surface area (Å²) < 4.78 is 0. The van der Waals surface area contributed by atoms with Gasteiger partial charge in [-0.05, 0) is 35.9 Å². The van der Waals surface area contributed by atoms with E-state index in [2.05, 4.69) is 5.32 Å². The molecule has 2 aromatic rings. The lowest BCUT2D eigenvalue weighted by Gasteiger charge is -2.13. The largest absolute Gasteiger partial charge is 0.384 e. The summed E-state index contributed by atoms with van der Waals surface area (Å²) in [5.41, 5.74) is 2.90. The third-order valence-corrected chi connectivity index (χ3v) is 3.09. The molecule has 2 nitrogen and oxygen atoms in total. The van der Waals surface area contributed by atoms with E-state index in [-0.39, 0.29) is 0 Å². The van der Waals surface area contributed by atoms with E-state index in [9.17, 15) is 5.11 Å². The fourth-order valence-electron chi connectivity index (χ4n) is 1.91. The molecule has 0 bridgehead atoms. The summed E-state index contributed by atoms with van der Waals surface area (Å²) in [6.45, 7) is 0.793. The van der Waals surface area contributed by atoms with Crippen molar-refractivity contribution in [3.05, 3.63) is 70.2 Å². The molecule has 1 atom stereocenters. The first-order valence-corrected chi connectivity index (χ1v) is 6.25. The van der Waals surface area contributed by atoms with Crippen molar-refractivity contribution in [1.82, 2.24) is 5.32 Å². The van der Waals surface area contributed by atoms with Gasteiger partial charge in [-0.1, -0.05) is 48.0 Å². The number of aliphatic hydroxyl groups is 1. The number of aliphatic hydroxyl groups excluding tert-OH is 1. The highest BCUT2D eigenvalue weighted by Crippen LogP contribution is 2.23. The summed E-state index contributed by atoms with van der Waals surface area (Å²) in [6.07, 6.45) is -0.612. The fourth-order valence-corrected chi connectivity index (χ4v) is 2.04. The van der Waals surface area contributed by atoms with Gasteiger partial charge in [0.1, 0.15) is 6.10 Å². The van der Waals surface area contributed by atoms with Crippen molar-refractivity contribution in [3.8, 4) is 0 Å². The summed E-state index contributed by atoms with van der Waals surface area (Å²) >= 11 is 5.84. The second-order valence-corrected chi connectivity index (χ2v) is 4.67. The average Bonchev–Trinajstić information content (AvgIpc) is 2.39. The molecule has 2 N–H and O–H groups in total. The molecular weight excluding hydrogens is 246 g/mol.